The molecule has 0 aromatic heterocycles. The minimum atomic E-state index is -1.13. The Morgan fingerprint density at radius 1 is 1.50 bits per heavy atom. The number of rotatable bonds is 4. The van der Waals surface area contributed by atoms with Crippen LogP contribution in [0.25, 0.3) is 0 Å². The maximum atomic E-state index is 10.6. The van der Waals surface area contributed by atoms with Crippen molar-refractivity contribution in [1.82, 2.24) is 0 Å². The number of aromatic carboxylic acids is 1. The lowest BCUT2D eigenvalue weighted by Gasteiger charge is -2.02. The molecular formula is C7H7NO5S. The van der Waals surface area contributed by atoms with E-state index in [1.165, 1.54) is 18.2 Å². The van der Waals surface area contributed by atoms with Gasteiger partial charge >= 0.3 is 5.97 Å². The Morgan fingerprint density at radius 2 is 2.21 bits per heavy atom. The first-order chi connectivity index (χ1) is 6.65. The van der Waals surface area contributed by atoms with Gasteiger partial charge in [0.1, 0.15) is 0 Å². The fraction of sp³-hybridized carbons (Fsp3) is 0. The molecule has 76 valence electrons. The van der Waals surface area contributed by atoms with Crippen molar-refractivity contribution in [2.45, 2.75) is 4.90 Å². The number of carboxylic acids is 1. The van der Waals surface area contributed by atoms with E-state index in [0.717, 1.165) is 0 Å². The molecular weight excluding hydrogens is 210 g/mol. The summed E-state index contributed by atoms with van der Waals surface area (Å²) in [5, 5.41) is 19.9. The zero-order valence-corrected chi connectivity index (χ0v) is 7.65. The van der Waals surface area contributed by atoms with E-state index in [9.17, 15) is 4.79 Å². The Hall–Kier alpha value is -1.28. The van der Waals surface area contributed by atoms with Gasteiger partial charge in [0.25, 0.3) is 0 Å². The second kappa shape index (κ2) is 4.82. The summed E-state index contributed by atoms with van der Waals surface area (Å²) in [6.07, 6.45) is 0. The van der Waals surface area contributed by atoms with Crippen molar-refractivity contribution in [3.05, 3.63) is 23.8 Å². The minimum Gasteiger partial charge on any atom is -0.478 e. The van der Waals surface area contributed by atoms with E-state index in [2.05, 4.69) is 9.37 Å². The second-order valence-corrected chi connectivity index (χ2v) is 3.05. The Labute approximate surface area is 83.3 Å². The quantitative estimate of drug-likeness (QED) is 0.303. The first-order valence-electron chi connectivity index (χ1n) is 3.42. The predicted molar refractivity (Wildman–Crippen MR) is 48.5 cm³/mol. The van der Waals surface area contributed by atoms with Crippen molar-refractivity contribution in [3.63, 3.8) is 0 Å². The molecule has 0 heterocycles. The van der Waals surface area contributed by atoms with Crippen molar-refractivity contribution in [1.29, 1.82) is 0 Å². The second-order valence-electron chi connectivity index (χ2n) is 2.28. The fourth-order valence-corrected chi connectivity index (χ4v) is 1.23. The average molecular weight is 217 g/mol. The molecule has 0 radical (unpaired) electrons. The lowest BCUT2D eigenvalue weighted by atomic mass is 10.2. The van der Waals surface area contributed by atoms with Crippen molar-refractivity contribution >= 4 is 23.7 Å². The van der Waals surface area contributed by atoms with E-state index in [4.69, 9.17) is 16.1 Å². The van der Waals surface area contributed by atoms with Gasteiger partial charge in [0.15, 0.2) is 0 Å². The SMILES string of the molecule is Nc1ccc(SOOO)cc1C(=O)O. The zero-order valence-electron chi connectivity index (χ0n) is 6.84. The molecule has 0 bridgehead atoms. The summed E-state index contributed by atoms with van der Waals surface area (Å²) >= 11 is 0.670. The van der Waals surface area contributed by atoms with Crippen LogP contribution in [0.15, 0.2) is 23.1 Å². The van der Waals surface area contributed by atoms with Gasteiger partial charge in [-0.1, -0.05) is 5.04 Å². The van der Waals surface area contributed by atoms with Gasteiger partial charge in [0.2, 0.25) is 0 Å². The number of carbonyl (C=O) groups is 1. The van der Waals surface area contributed by atoms with Gasteiger partial charge in [-0.05, 0) is 18.2 Å². The van der Waals surface area contributed by atoms with Crippen LogP contribution in [0, 0.1) is 0 Å². The normalized spacial score (nSPS) is 10.1. The van der Waals surface area contributed by atoms with Gasteiger partial charge < -0.3 is 10.8 Å². The Kier molecular flexibility index (Phi) is 3.72. The molecule has 0 aliphatic heterocycles. The van der Waals surface area contributed by atoms with E-state index < -0.39 is 5.97 Å². The number of carboxylic acid groups (broad SMARTS) is 1. The van der Waals surface area contributed by atoms with Crippen molar-refractivity contribution < 1.29 is 24.5 Å². The summed E-state index contributed by atoms with van der Waals surface area (Å²) in [4.78, 5) is 11.1. The van der Waals surface area contributed by atoms with E-state index >= 15 is 0 Å². The number of hydrogen-bond acceptors (Lipinski definition) is 6. The maximum absolute atomic E-state index is 10.6. The van der Waals surface area contributed by atoms with Crippen LogP contribution in [0.4, 0.5) is 5.69 Å². The smallest absolute Gasteiger partial charge is 0.337 e. The fourth-order valence-electron chi connectivity index (χ4n) is 0.827. The highest BCUT2D eigenvalue weighted by Crippen LogP contribution is 2.23. The molecule has 0 saturated heterocycles. The van der Waals surface area contributed by atoms with E-state index in [1.807, 2.05) is 0 Å². The third-order valence-electron chi connectivity index (χ3n) is 1.42. The van der Waals surface area contributed by atoms with Crippen LogP contribution in [-0.4, -0.2) is 16.3 Å². The molecule has 14 heavy (non-hydrogen) atoms. The van der Waals surface area contributed by atoms with Crippen molar-refractivity contribution in [2.75, 3.05) is 5.73 Å². The number of nitrogen functional groups attached to an aromatic ring is 1. The van der Waals surface area contributed by atoms with Crippen LogP contribution >= 0.6 is 12.0 Å². The van der Waals surface area contributed by atoms with Crippen LogP contribution < -0.4 is 5.73 Å². The van der Waals surface area contributed by atoms with Crippen molar-refractivity contribution in [2.24, 2.45) is 0 Å². The molecule has 0 unspecified atom stereocenters. The molecule has 0 amide bonds. The van der Waals surface area contributed by atoms with Gasteiger partial charge in [0, 0.05) is 10.6 Å². The standard InChI is InChI=1S/C7H7NO5S/c8-6-2-1-4(14-13-12-11)3-5(6)7(9)10/h1-3,11H,8H2,(H,9,10). The highest BCUT2D eigenvalue weighted by Gasteiger charge is 2.09. The number of nitrogens with two attached hydrogens (primary N) is 1. The highest BCUT2D eigenvalue weighted by atomic mass is 32.2. The topological polar surface area (TPSA) is 102 Å². The molecule has 1 rings (SSSR count). The third-order valence-corrected chi connectivity index (χ3v) is 1.99. The molecule has 7 heteroatoms. The summed E-state index contributed by atoms with van der Waals surface area (Å²) in [6.45, 7) is 0. The molecule has 1 aromatic rings. The van der Waals surface area contributed by atoms with E-state index in [-0.39, 0.29) is 11.3 Å². The van der Waals surface area contributed by atoms with Gasteiger partial charge in [0.05, 0.1) is 17.6 Å². The van der Waals surface area contributed by atoms with E-state index in [0.29, 0.717) is 16.9 Å². The molecule has 4 N–H and O–H groups in total. The summed E-state index contributed by atoms with van der Waals surface area (Å²) in [5.74, 6) is -1.13. The Balaban J connectivity index is 2.89. The molecule has 0 atom stereocenters. The van der Waals surface area contributed by atoms with Crippen molar-refractivity contribution in [3.8, 4) is 0 Å². The highest BCUT2D eigenvalue weighted by molar-refractivity contribution is 7.94. The Bertz CT molecular complexity index is 343. The number of anilines is 1. The van der Waals surface area contributed by atoms with Crippen LogP contribution in [-0.2, 0) is 9.37 Å². The molecule has 0 saturated carbocycles. The van der Waals surface area contributed by atoms with Gasteiger partial charge in [-0.2, -0.15) is 0 Å². The van der Waals surface area contributed by atoms with Crippen LogP contribution in [0.5, 0.6) is 0 Å². The largest absolute Gasteiger partial charge is 0.478 e. The zero-order chi connectivity index (χ0) is 10.6. The molecule has 0 fully saturated rings. The molecule has 6 nitrogen and oxygen atoms in total. The van der Waals surface area contributed by atoms with Gasteiger partial charge in [-0.3, -0.25) is 0 Å². The molecule has 0 aliphatic rings. The average Bonchev–Trinajstić information content (AvgIpc) is 2.16. The summed E-state index contributed by atoms with van der Waals surface area (Å²) < 4.78 is 4.13. The van der Waals surface area contributed by atoms with Crippen LogP contribution in [0.2, 0.25) is 0 Å². The lowest BCUT2D eigenvalue weighted by Crippen LogP contribution is -2.02. The molecule has 1 aromatic carbocycles. The first-order valence-corrected chi connectivity index (χ1v) is 4.17. The van der Waals surface area contributed by atoms with Gasteiger partial charge in [-0.25, -0.2) is 10.1 Å². The van der Waals surface area contributed by atoms with Crippen LogP contribution in [0.3, 0.4) is 0 Å². The summed E-state index contributed by atoms with van der Waals surface area (Å²) in [6, 6.07) is 4.26. The minimum absolute atomic E-state index is 0.0310. The number of hydrogen-bond donors (Lipinski definition) is 3. The third kappa shape index (κ3) is 2.60. The first kappa shape index (κ1) is 10.8. The monoisotopic (exact) mass is 217 g/mol. The Morgan fingerprint density at radius 3 is 2.79 bits per heavy atom. The van der Waals surface area contributed by atoms with E-state index in [1.54, 1.807) is 0 Å². The molecule has 0 spiro atoms. The van der Waals surface area contributed by atoms with Gasteiger partial charge in [-0.15, -0.1) is 4.33 Å². The van der Waals surface area contributed by atoms with Crippen LogP contribution in [0.1, 0.15) is 10.4 Å². The number of benzene rings is 1. The lowest BCUT2D eigenvalue weighted by molar-refractivity contribution is -0.432. The predicted octanol–water partition coefficient (Wildman–Crippen LogP) is 1.40. The maximum Gasteiger partial charge on any atom is 0.337 e. The summed E-state index contributed by atoms with van der Waals surface area (Å²) in [7, 11) is 0. The summed E-state index contributed by atoms with van der Waals surface area (Å²) in [5.41, 5.74) is 5.54. The molecule has 0 aliphatic carbocycles.